The van der Waals surface area contributed by atoms with Crippen molar-refractivity contribution in [1.29, 1.82) is 5.26 Å². The lowest BCUT2D eigenvalue weighted by molar-refractivity contribution is 0.716. The van der Waals surface area contributed by atoms with Crippen LogP contribution >= 0.6 is 0 Å². The summed E-state index contributed by atoms with van der Waals surface area (Å²) in [5.74, 6) is 1.49. The summed E-state index contributed by atoms with van der Waals surface area (Å²) >= 11 is 0. The first-order valence-corrected chi connectivity index (χ1v) is 6.34. The van der Waals surface area contributed by atoms with Crippen LogP contribution in [0.15, 0.2) is 30.3 Å². The number of anilines is 1. The molecule has 0 unspecified atom stereocenters. The third-order valence-corrected chi connectivity index (χ3v) is 3.39. The van der Waals surface area contributed by atoms with Crippen molar-refractivity contribution in [3.05, 3.63) is 53.0 Å². The van der Waals surface area contributed by atoms with Crippen LogP contribution in [0.2, 0.25) is 0 Å². The molecule has 1 aromatic heterocycles. The molecule has 1 aliphatic heterocycles. The summed E-state index contributed by atoms with van der Waals surface area (Å²) < 4.78 is 0. The van der Waals surface area contributed by atoms with Gasteiger partial charge in [0.15, 0.2) is 0 Å². The summed E-state index contributed by atoms with van der Waals surface area (Å²) in [6.45, 7) is 3.60. The van der Waals surface area contributed by atoms with Gasteiger partial charge in [0.05, 0.1) is 0 Å². The molecular weight excluding hydrogens is 236 g/mol. The third-order valence-electron chi connectivity index (χ3n) is 3.39. The molecular formula is C15H14N4. The Bertz CT molecular complexity index is 657. The highest BCUT2D eigenvalue weighted by atomic mass is 15.2. The molecule has 0 aliphatic carbocycles. The standard InChI is InChI=1S/C15H14N4/c1-11-17-14(9-16)8-15(18-11)19-7-6-12-4-2-3-5-13(12)10-19/h2-5,8H,6-7,10H2,1H3. The molecule has 3 rings (SSSR count). The van der Waals surface area contributed by atoms with Crippen LogP contribution in [0.5, 0.6) is 0 Å². The molecule has 0 fully saturated rings. The van der Waals surface area contributed by atoms with E-state index in [1.165, 1.54) is 11.1 Å². The second-order valence-corrected chi connectivity index (χ2v) is 4.71. The van der Waals surface area contributed by atoms with E-state index in [0.717, 1.165) is 25.3 Å². The van der Waals surface area contributed by atoms with Crippen molar-refractivity contribution < 1.29 is 0 Å². The second kappa shape index (κ2) is 4.69. The second-order valence-electron chi connectivity index (χ2n) is 4.71. The highest BCUT2D eigenvalue weighted by molar-refractivity contribution is 5.46. The van der Waals surface area contributed by atoms with E-state index in [1.807, 2.05) is 6.92 Å². The van der Waals surface area contributed by atoms with Gasteiger partial charge in [0.1, 0.15) is 23.4 Å². The van der Waals surface area contributed by atoms with Crippen LogP contribution in [0, 0.1) is 18.3 Å². The molecule has 1 aliphatic rings. The van der Waals surface area contributed by atoms with Gasteiger partial charge in [0.2, 0.25) is 0 Å². The van der Waals surface area contributed by atoms with Crippen molar-refractivity contribution in [2.45, 2.75) is 19.9 Å². The van der Waals surface area contributed by atoms with Crippen molar-refractivity contribution in [2.24, 2.45) is 0 Å². The number of nitriles is 1. The summed E-state index contributed by atoms with van der Waals surface area (Å²) in [6, 6.07) is 12.3. The van der Waals surface area contributed by atoms with Gasteiger partial charge in [-0.1, -0.05) is 24.3 Å². The van der Waals surface area contributed by atoms with E-state index in [9.17, 15) is 0 Å². The van der Waals surface area contributed by atoms with E-state index in [4.69, 9.17) is 5.26 Å². The summed E-state index contributed by atoms with van der Waals surface area (Å²) in [7, 11) is 0. The summed E-state index contributed by atoms with van der Waals surface area (Å²) in [4.78, 5) is 10.7. The van der Waals surface area contributed by atoms with E-state index in [-0.39, 0.29) is 0 Å². The van der Waals surface area contributed by atoms with Crippen LogP contribution in [0.3, 0.4) is 0 Å². The minimum Gasteiger partial charge on any atom is -0.352 e. The molecule has 4 nitrogen and oxygen atoms in total. The van der Waals surface area contributed by atoms with Crippen molar-refractivity contribution in [1.82, 2.24) is 9.97 Å². The highest BCUT2D eigenvalue weighted by Gasteiger charge is 2.17. The van der Waals surface area contributed by atoms with Gasteiger partial charge in [-0.25, -0.2) is 9.97 Å². The third kappa shape index (κ3) is 2.27. The Kier molecular flexibility index (Phi) is 2.88. The topological polar surface area (TPSA) is 52.8 Å². The fourth-order valence-corrected chi connectivity index (χ4v) is 2.46. The molecule has 2 heterocycles. The molecule has 0 radical (unpaired) electrons. The average molecular weight is 250 g/mol. The molecule has 1 aromatic carbocycles. The van der Waals surface area contributed by atoms with Crippen LogP contribution in [0.1, 0.15) is 22.6 Å². The number of aryl methyl sites for hydroxylation is 1. The Morgan fingerprint density at radius 1 is 1.21 bits per heavy atom. The average Bonchev–Trinajstić information content (AvgIpc) is 2.46. The van der Waals surface area contributed by atoms with Crippen LogP contribution in [-0.2, 0) is 13.0 Å². The lowest BCUT2D eigenvalue weighted by Crippen LogP contribution is -2.31. The van der Waals surface area contributed by atoms with Gasteiger partial charge >= 0.3 is 0 Å². The molecule has 2 aromatic rings. The van der Waals surface area contributed by atoms with E-state index in [1.54, 1.807) is 6.07 Å². The summed E-state index contributed by atoms with van der Waals surface area (Å²) in [5.41, 5.74) is 3.18. The first-order valence-electron chi connectivity index (χ1n) is 6.34. The summed E-state index contributed by atoms with van der Waals surface area (Å²) in [6.07, 6.45) is 1.01. The van der Waals surface area contributed by atoms with Gasteiger partial charge in [0, 0.05) is 19.2 Å². The van der Waals surface area contributed by atoms with Gasteiger partial charge in [-0.05, 0) is 24.5 Å². The smallest absolute Gasteiger partial charge is 0.146 e. The highest BCUT2D eigenvalue weighted by Crippen LogP contribution is 2.23. The Balaban J connectivity index is 1.93. The molecule has 0 saturated heterocycles. The zero-order valence-electron chi connectivity index (χ0n) is 10.8. The minimum atomic E-state index is 0.432. The van der Waals surface area contributed by atoms with Crippen LogP contribution in [0.4, 0.5) is 5.82 Å². The fraction of sp³-hybridized carbons (Fsp3) is 0.267. The van der Waals surface area contributed by atoms with Gasteiger partial charge in [-0.2, -0.15) is 5.26 Å². The Labute approximate surface area is 112 Å². The van der Waals surface area contributed by atoms with Crippen molar-refractivity contribution in [3.63, 3.8) is 0 Å². The van der Waals surface area contributed by atoms with Crippen LogP contribution in [-0.4, -0.2) is 16.5 Å². The normalized spacial score (nSPS) is 13.8. The number of hydrogen-bond acceptors (Lipinski definition) is 4. The monoisotopic (exact) mass is 250 g/mol. The zero-order chi connectivity index (χ0) is 13.2. The van der Waals surface area contributed by atoms with Crippen molar-refractivity contribution in [3.8, 4) is 6.07 Å². The van der Waals surface area contributed by atoms with Gasteiger partial charge in [0.25, 0.3) is 0 Å². The number of rotatable bonds is 1. The van der Waals surface area contributed by atoms with E-state index in [2.05, 4.69) is 45.2 Å². The minimum absolute atomic E-state index is 0.432. The first-order chi connectivity index (χ1) is 9.26. The predicted octanol–water partition coefficient (Wildman–Crippen LogP) is 2.22. The molecule has 0 bridgehead atoms. The fourth-order valence-electron chi connectivity index (χ4n) is 2.46. The summed E-state index contributed by atoms with van der Waals surface area (Å²) in [5, 5.41) is 8.98. The number of hydrogen-bond donors (Lipinski definition) is 0. The van der Waals surface area contributed by atoms with Gasteiger partial charge < -0.3 is 4.90 Å². The van der Waals surface area contributed by atoms with E-state index in [0.29, 0.717) is 11.5 Å². The maximum Gasteiger partial charge on any atom is 0.146 e. The Morgan fingerprint density at radius 2 is 2.00 bits per heavy atom. The maximum atomic E-state index is 8.98. The largest absolute Gasteiger partial charge is 0.352 e. The number of benzene rings is 1. The molecule has 0 atom stereocenters. The Morgan fingerprint density at radius 3 is 2.79 bits per heavy atom. The predicted molar refractivity (Wildman–Crippen MR) is 72.7 cm³/mol. The van der Waals surface area contributed by atoms with Crippen LogP contribution in [0.25, 0.3) is 0 Å². The van der Waals surface area contributed by atoms with Gasteiger partial charge in [-0.15, -0.1) is 0 Å². The first kappa shape index (κ1) is 11.7. The van der Waals surface area contributed by atoms with Crippen LogP contribution < -0.4 is 4.90 Å². The van der Waals surface area contributed by atoms with Crippen molar-refractivity contribution in [2.75, 3.05) is 11.4 Å². The van der Waals surface area contributed by atoms with Gasteiger partial charge in [-0.3, -0.25) is 0 Å². The molecule has 0 N–H and O–H groups in total. The van der Waals surface area contributed by atoms with Crippen molar-refractivity contribution >= 4 is 5.82 Å². The molecule has 0 spiro atoms. The zero-order valence-corrected chi connectivity index (χ0v) is 10.8. The number of nitrogens with zero attached hydrogens (tertiary/aromatic N) is 4. The SMILES string of the molecule is Cc1nc(C#N)cc(N2CCc3ccccc3C2)n1. The molecule has 19 heavy (non-hydrogen) atoms. The Hall–Kier alpha value is -2.41. The van der Waals surface area contributed by atoms with E-state index >= 15 is 0 Å². The number of aromatic nitrogens is 2. The quantitative estimate of drug-likeness (QED) is 0.778. The molecule has 0 saturated carbocycles. The molecule has 94 valence electrons. The van der Waals surface area contributed by atoms with E-state index < -0.39 is 0 Å². The lowest BCUT2D eigenvalue weighted by atomic mass is 10.00. The number of fused-ring (bicyclic) bond motifs is 1. The lowest BCUT2D eigenvalue weighted by Gasteiger charge is -2.29. The molecule has 0 amide bonds. The molecule has 4 heteroatoms. The maximum absolute atomic E-state index is 8.98.